The number of rotatable bonds is 3. The molecular weight excluding hydrogens is 188 g/mol. The van der Waals surface area contributed by atoms with Crippen LogP contribution in [0.5, 0.6) is 0 Å². The Morgan fingerprint density at radius 2 is 2.09 bits per heavy atom. The number of halogens is 1. The van der Waals surface area contributed by atoms with Gasteiger partial charge in [0.25, 0.3) is 0 Å². The van der Waals surface area contributed by atoms with E-state index in [4.69, 9.17) is 0 Å². The van der Waals surface area contributed by atoms with Crippen LogP contribution >= 0.6 is 12.4 Å². The summed E-state index contributed by atoms with van der Waals surface area (Å²) in [5.41, 5.74) is 0. The molecule has 0 aromatic rings. The third kappa shape index (κ3) is 4.58. The van der Waals surface area contributed by atoms with Crippen molar-refractivity contribution in [3.8, 4) is 0 Å². The first-order chi connectivity index (χ1) is 4.58. The van der Waals surface area contributed by atoms with Gasteiger partial charge in [0.15, 0.2) is 0 Å². The molecule has 1 aliphatic heterocycles. The third-order valence-corrected chi connectivity index (χ3v) is 2.19. The van der Waals surface area contributed by atoms with Crippen LogP contribution in [0.15, 0.2) is 0 Å². The number of hydrogen-bond acceptors (Lipinski definition) is 3. The van der Waals surface area contributed by atoms with Crippen molar-refractivity contribution in [1.82, 2.24) is 10.0 Å². The van der Waals surface area contributed by atoms with E-state index in [9.17, 15) is 8.42 Å². The fourth-order valence-electron chi connectivity index (χ4n) is 0.762. The van der Waals surface area contributed by atoms with Gasteiger partial charge in [-0.3, -0.25) is 0 Å². The maximum Gasteiger partial charge on any atom is 0.208 e. The first-order valence-electron chi connectivity index (χ1n) is 3.23. The lowest BCUT2D eigenvalue weighted by Crippen LogP contribution is -2.47. The molecule has 0 aromatic heterocycles. The van der Waals surface area contributed by atoms with Crippen LogP contribution in [-0.2, 0) is 10.0 Å². The van der Waals surface area contributed by atoms with Crippen LogP contribution in [-0.4, -0.2) is 34.3 Å². The Morgan fingerprint density at radius 1 is 1.55 bits per heavy atom. The van der Waals surface area contributed by atoms with Crippen molar-refractivity contribution in [3.05, 3.63) is 0 Å². The van der Waals surface area contributed by atoms with Gasteiger partial charge in [-0.05, 0) is 5.92 Å². The van der Waals surface area contributed by atoms with Gasteiger partial charge in [0.1, 0.15) is 0 Å². The first-order valence-corrected chi connectivity index (χ1v) is 5.12. The molecule has 0 atom stereocenters. The molecule has 4 nitrogen and oxygen atoms in total. The minimum absolute atomic E-state index is 0. The van der Waals surface area contributed by atoms with Gasteiger partial charge >= 0.3 is 0 Å². The molecular formula is C5H13ClN2O2S. The van der Waals surface area contributed by atoms with E-state index in [0.717, 1.165) is 13.1 Å². The molecule has 1 fully saturated rings. The van der Waals surface area contributed by atoms with Gasteiger partial charge in [0.2, 0.25) is 10.0 Å². The van der Waals surface area contributed by atoms with Crippen molar-refractivity contribution < 1.29 is 8.42 Å². The summed E-state index contributed by atoms with van der Waals surface area (Å²) in [6.45, 7) is 2.44. The summed E-state index contributed by atoms with van der Waals surface area (Å²) in [6.07, 6.45) is 1.18. The van der Waals surface area contributed by atoms with Gasteiger partial charge in [-0.1, -0.05) is 0 Å². The predicted octanol–water partition coefficient (Wildman–Crippen LogP) is -0.823. The van der Waals surface area contributed by atoms with E-state index in [1.54, 1.807) is 0 Å². The zero-order valence-corrected chi connectivity index (χ0v) is 7.96. The molecule has 1 aliphatic rings. The fraction of sp³-hybridized carbons (Fsp3) is 1.00. The monoisotopic (exact) mass is 200 g/mol. The summed E-state index contributed by atoms with van der Waals surface area (Å²) in [4.78, 5) is 0. The maximum atomic E-state index is 10.5. The van der Waals surface area contributed by atoms with Crippen molar-refractivity contribution in [2.24, 2.45) is 5.92 Å². The van der Waals surface area contributed by atoms with Crippen molar-refractivity contribution in [3.63, 3.8) is 0 Å². The molecule has 0 radical (unpaired) electrons. The molecule has 0 bridgehead atoms. The topological polar surface area (TPSA) is 58.2 Å². The highest BCUT2D eigenvalue weighted by atomic mass is 35.5. The summed E-state index contributed by atoms with van der Waals surface area (Å²) < 4.78 is 23.5. The van der Waals surface area contributed by atoms with Crippen LogP contribution in [0.25, 0.3) is 0 Å². The highest BCUT2D eigenvalue weighted by molar-refractivity contribution is 7.88. The summed E-state index contributed by atoms with van der Waals surface area (Å²) in [7, 11) is -2.97. The highest BCUT2D eigenvalue weighted by Gasteiger charge is 2.17. The van der Waals surface area contributed by atoms with Gasteiger partial charge in [-0.15, -0.1) is 12.4 Å². The molecule has 0 spiro atoms. The zero-order chi connectivity index (χ0) is 7.61. The molecule has 0 saturated carbocycles. The van der Waals surface area contributed by atoms with Crippen LogP contribution in [0.4, 0.5) is 0 Å². The van der Waals surface area contributed by atoms with E-state index >= 15 is 0 Å². The SMILES string of the molecule is CS(=O)(=O)NCC1CNC1.Cl. The average Bonchev–Trinajstić information content (AvgIpc) is 1.56. The quantitative estimate of drug-likeness (QED) is 0.626. The zero-order valence-electron chi connectivity index (χ0n) is 6.33. The Kier molecular flexibility index (Phi) is 4.31. The van der Waals surface area contributed by atoms with Gasteiger partial charge < -0.3 is 5.32 Å². The van der Waals surface area contributed by atoms with E-state index in [0.29, 0.717) is 12.5 Å². The van der Waals surface area contributed by atoms with E-state index < -0.39 is 10.0 Å². The first kappa shape index (κ1) is 11.2. The van der Waals surface area contributed by atoms with E-state index in [1.807, 2.05) is 0 Å². The smallest absolute Gasteiger partial charge is 0.208 e. The fourth-order valence-corrected chi connectivity index (χ4v) is 1.30. The third-order valence-electron chi connectivity index (χ3n) is 1.50. The molecule has 0 amide bonds. The second kappa shape index (κ2) is 4.25. The summed E-state index contributed by atoms with van der Waals surface area (Å²) in [5, 5.41) is 3.06. The van der Waals surface area contributed by atoms with Gasteiger partial charge in [0.05, 0.1) is 6.26 Å². The molecule has 1 saturated heterocycles. The van der Waals surface area contributed by atoms with E-state index in [2.05, 4.69) is 10.0 Å². The molecule has 2 N–H and O–H groups in total. The van der Waals surface area contributed by atoms with E-state index in [1.165, 1.54) is 6.26 Å². The Morgan fingerprint density at radius 3 is 2.36 bits per heavy atom. The lowest BCUT2D eigenvalue weighted by atomic mass is 10.1. The van der Waals surface area contributed by atoms with Gasteiger partial charge in [-0.25, -0.2) is 13.1 Å². The largest absolute Gasteiger partial charge is 0.316 e. The van der Waals surface area contributed by atoms with Crippen molar-refractivity contribution in [2.45, 2.75) is 0 Å². The van der Waals surface area contributed by atoms with Crippen molar-refractivity contribution >= 4 is 22.4 Å². The van der Waals surface area contributed by atoms with Gasteiger partial charge in [0, 0.05) is 19.6 Å². The molecule has 1 heterocycles. The number of sulfonamides is 1. The summed E-state index contributed by atoms with van der Waals surface area (Å²) in [6, 6.07) is 0. The average molecular weight is 201 g/mol. The molecule has 0 aliphatic carbocycles. The normalized spacial score (nSPS) is 18.6. The van der Waals surface area contributed by atoms with E-state index in [-0.39, 0.29) is 12.4 Å². The Balaban J connectivity index is 0.000001000. The van der Waals surface area contributed by atoms with Crippen molar-refractivity contribution in [1.29, 1.82) is 0 Å². The second-order valence-corrected chi connectivity index (χ2v) is 4.48. The van der Waals surface area contributed by atoms with Crippen LogP contribution in [0, 0.1) is 5.92 Å². The summed E-state index contributed by atoms with van der Waals surface area (Å²) >= 11 is 0. The summed E-state index contributed by atoms with van der Waals surface area (Å²) in [5.74, 6) is 0.495. The van der Waals surface area contributed by atoms with Gasteiger partial charge in [-0.2, -0.15) is 0 Å². The number of nitrogens with one attached hydrogen (secondary N) is 2. The van der Waals surface area contributed by atoms with Crippen LogP contribution < -0.4 is 10.0 Å². The minimum Gasteiger partial charge on any atom is -0.316 e. The molecule has 68 valence electrons. The standard InChI is InChI=1S/C5H12N2O2S.ClH/c1-10(8,9)7-4-5-2-6-3-5;/h5-7H,2-4H2,1H3;1H. The maximum absolute atomic E-state index is 10.5. The van der Waals surface area contributed by atoms with Crippen LogP contribution in [0.2, 0.25) is 0 Å². The molecule has 6 heteroatoms. The van der Waals surface area contributed by atoms with Crippen LogP contribution in [0.3, 0.4) is 0 Å². The minimum atomic E-state index is -2.97. The molecule has 1 rings (SSSR count). The van der Waals surface area contributed by atoms with Crippen molar-refractivity contribution in [2.75, 3.05) is 25.9 Å². The number of hydrogen-bond donors (Lipinski definition) is 2. The molecule has 0 unspecified atom stereocenters. The van der Waals surface area contributed by atoms with Crippen LogP contribution in [0.1, 0.15) is 0 Å². The Bertz CT molecular complexity index is 201. The molecule has 0 aromatic carbocycles. The molecule has 11 heavy (non-hydrogen) atoms. The lowest BCUT2D eigenvalue weighted by molar-refractivity contribution is 0.347. The lowest BCUT2D eigenvalue weighted by Gasteiger charge is -2.26. The highest BCUT2D eigenvalue weighted by Crippen LogP contribution is 1.99. The Hall–Kier alpha value is 0.160. The second-order valence-electron chi connectivity index (χ2n) is 2.64. The Labute approximate surface area is 73.2 Å². The predicted molar refractivity (Wildman–Crippen MR) is 46.5 cm³/mol.